The summed E-state index contributed by atoms with van der Waals surface area (Å²) < 4.78 is 3.05. The van der Waals surface area contributed by atoms with Crippen molar-refractivity contribution < 1.29 is 0 Å². The minimum absolute atomic E-state index is 0.727. The fraction of sp³-hybridized carbons (Fsp3) is 0. The van der Waals surface area contributed by atoms with Gasteiger partial charge in [-0.3, -0.25) is 4.40 Å². The van der Waals surface area contributed by atoms with E-state index < -0.39 is 0 Å². The Morgan fingerprint density at radius 3 is 3.00 bits per heavy atom. The molecule has 0 bridgehead atoms. The summed E-state index contributed by atoms with van der Waals surface area (Å²) in [6.07, 6.45) is 3.70. The molecule has 3 rings (SSSR count). The van der Waals surface area contributed by atoms with E-state index in [0.29, 0.717) is 0 Å². The molecule has 2 heterocycles. The molecule has 0 saturated heterocycles. The fourth-order valence-corrected chi connectivity index (χ4v) is 2.34. The molecule has 1 aromatic carbocycles. The van der Waals surface area contributed by atoms with Gasteiger partial charge < -0.3 is 0 Å². The molecule has 0 amide bonds. The predicted octanol–water partition coefficient (Wildman–Crippen LogP) is 3.90. The van der Waals surface area contributed by atoms with E-state index in [9.17, 15) is 0 Å². The van der Waals surface area contributed by atoms with Crippen LogP contribution in [0, 0.1) is 0 Å². The van der Waals surface area contributed by atoms with Gasteiger partial charge in [-0.25, -0.2) is 4.98 Å². The number of imidazole rings is 1. The minimum Gasteiger partial charge on any atom is -0.300 e. The van der Waals surface area contributed by atoms with Crippen LogP contribution in [0.3, 0.4) is 0 Å². The maximum atomic E-state index is 6.19. The highest BCUT2D eigenvalue weighted by Gasteiger charge is 2.05. The van der Waals surface area contributed by atoms with Crippen molar-refractivity contribution in [1.29, 1.82) is 0 Å². The molecule has 0 unspecified atom stereocenters. The maximum Gasteiger partial charge on any atom is 0.138 e. The normalized spacial score (nSPS) is 11.3. The molecule has 0 N–H and O–H groups in total. The summed E-state index contributed by atoms with van der Waals surface area (Å²) in [5, 5.41) is 1.75. The molecular weight excluding hydrogens is 275 g/mol. The topological polar surface area (TPSA) is 17.3 Å². The lowest BCUT2D eigenvalue weighted by Gasteiger charge is -2.04. The lowest BCUT2D eigenvalue weighted by Crippen LogP contribution is -1.87. The average Bonchev–Trinajstić information content (AvgIpc) is 2.66. The van der Waals surface area contributed by atoms with Crippen LogP contribution in [-0.4, -0.2) is 9.38 Å². The maximum absolute atomic E-state index is 6.19. The predicted molar refractivity (Wildman–Crippen MR) is 65.4 cm³/mol. The third-order valence-electron chi connectivity index (χ3n) is 2.40. The second-order valence-corrected chi connectivity index (χ2v) is 4.63. The van der Waals surface area contributed by atoms with Crippen LogP contribution in [0.2, 0.25) is 5.02 Å². The van der Waals surface area contributed by atoms with Gasteiger partial charge in [-0.05, 0) is 18.2 Å². The standard InChI is InChI=1S/C11H6BrClN2/c12-7-1-2-10-8(5-7)9(13)6-11-14-3-4-15(10)11/h1-6H. The van der Waals surface area contributed by atoms with Crippen LogP contribution in [0.25, 0.3) is 16.6 Å². The van der Waals surface area contributed by atoms with Gasteiger partial charge in [-0.15, -0.1) is 0 Å². The smallest absolute Gasteiger partial charge is 0.138 e. The van der Waals surface area contributed by atoms with Gasteiger partial charge in [0.1, 0.15) is 5.65 Å². The molecule has 3 aromatic rings. The SMILES string of the molecule is Clc1cc2nccn2c2ccc(Br)cc12. The van der Waals surface area contributed by atoms with Crippen LogP contribution in [0.15, 0.2) is 41.1 Å². The lowest BCUT2D eigenvalue weighted by molar-refractivity contribution is 1.26. The Labute approximate surface area is 99.6 Å². The summed E-state index contributed by atoms with van der Waals surface area (Å²) in [4.78, 5) is 4.22. The van der Waals surface area contributed by atoms with Crippen molar-refractivity contribution in [3.8, 4) is 0 Å². The largest absolute Gasteiger partial charge is 0.300 e. The summed E-state index contributed by atoms with van der Waals surface area (Å²) in [5.41, 5.74) is 1.94. The van der Waals surface area contributed by atoms with E-state index in [1.54, 1.807) is 6.20 Å². The lowest BCUT2D eigenvalue weighted by atomic mass is 10.2. The summed E-state index contributed by atoms with van der Waals surface area (Å²) >= 11 is 9.63. The number of nitrogens with zero attached hydrogens (tertiary/aromatic N) is 2. The van der Waals surface area contributed by atoms with Gasteiger partial charge in [0.2, 0.25) is 0 Å². The number of fused-ring (bicyclic) bond motifs is 3. The van der Waals surface area contributed by atoms with E-state index >= 15 is 0 Å². The van der Waals surface area contributed by atoms with Gasteiger partial charge in [-0.2, -0.15) is 0 Å². The van der Waals surface area contributed by atoms with Crippen LogP contribution < -0.4 is 0 Å². The zero-order valence-corrected chi connectivity index (χ0v) is 9.96. The zero-order chi connectivity index (χ0) is 10.4. The second kappa shape index (κ2) is 3.22. The zero-order valence-electron chi connectivity index (χ0n) is 7.61. The molecule has 2 aromatic heterocycles. The Hall–Kier alpha value is -1.06. The first-order valence-corrected chi connectivity index (χ1v) is 5.63. The summed E-state index contributed by atoms with van der Waals surface area (Å²) in [5.74, 6) is 0. The molecule has 0 radical (unpaired) electrons. The average molecular weight is 282 g/mol. The number of halogens is 2. The quantitative estimate of drug-likeness (QED) is 0.611. The molecule has 0 aliphatic rings. The van der Waals surface area contributed by atoms with E-state index in [1.807, 2.05) is 34.9 Å². The number of rotatable bonds is 0. The molecule has 4 heteroatoms. The molecule has 15 heavy (non-hydrogen) atoms. The van der Waals surface area contributed by atoms with Crippen molar-refractivity contribution in [3.05, 3.63) is 46.2 Å². The van der Waals surface area contributed by atoms with Crippen molar-refractivity contribution in [3.63, 3.8) is 0 Å². The van der Waals surface area contributed by atoms with Crippen molar-refractivity contribution in [2.75, 3.05) is 0 Å². The summed E-state index contributed by atoms with van der Waals surface area (Å²) in [7, 11) is 0. The van der Waals surface area contributed by atoms with Crippen LogP contribution in [0.4, 0.5) is 0 Å². The van der Waals surface area contributed by atoms with Crippen LogP contribution in [0.1, 0.15) is 0 Å². The van der Waals surface area contributed by atoms with Crippen LogP contribution in [0.5, 0.6) is 0 Å². The molecule has 0 saturated carbocycles. The Bertz CT molecular complexity index is 660. The number of pyridine rings is 1. The number of aromatic nitrogens is 2. The fourth-order valence-electron chi connectivity index (χ4n) is 1.73. The van der Waals surface area contributed by atoms with Gasteiger partial charge in [0, 0.05) is 28.3 Å². The van der Waals surface area contributed by atoms with Crippen LogP contribution >= 0.6 is 27.5 Å². The Balaban J connectivity index is 2.61. The van der Waals surface area contributed by atoms with Gasteiger partial charge in [0.15, 0.2) is 0 Å². The van der Waals surface area contributed by atoms with E-state index in [2.05, 4.69) is 20.9 Å². The molecule has 0 spiro atoms. The molecule has 2 nitrogen and oxygen atoms in total. The monoisotopic (exact) mass is 280 g/mol. The van der Waals surface area contributed by atoms with Crippen molar-refractivity contribution in [1.82, 2.24) is 9.38 Å². The van der Waals surface area contributed by atoms with Gasteiger partial charge in [-0.1, -0.05) is 27.5 Å². The first-order chi connectivity index (χ1) is 7.25. The number of hydrogen-bond donors (Lipinski definition) is 0. The molecule has 0 atom stereocenters. The number of benzene rings is 1. The molecular formula is C11H6BrClN2. The van der Waals surface area contributed by atoms with Gasteiger partial charge >= 0.3 is 0 Å². The molecule has 0 aliphatic carbocycles. The minimum atomic E-state index is 0.727. The van der Waals surface area contributed by atoms with E-state index in [1.165, 1.54) is 0 Å². The summed E-state index contributed by atoms with van der Waals surface area (Å²) in [6.45, 7) is 0. The molecule has 0 fully saturated rings. The third-order valence-corrected chi connectivity index (χ3v) is 3.21. The summed E-state index contributed by atoms with van der Waals surface area (Å²) in [6, 6.07) is 7.91. The highest BCUT2D eigenvalue weighted by Crippen LogP contribution is 2.27. The Morgan fingerprint density at radius 2 is 2.13 bits per heavy atom. The van der Waals surface area contributed by atoms with E-state index in [0.717, 1.165) is 26.0 Å². The van der Waals surface area contributed by atoms with Crippen molar-refractivity contribution in [2.24, 2.45) is 0 Å². The van der Waals surface area contributed by atoms with Gasteiger partial charge in [0.25, 0.3) is 0 Å². The highest BCUT2D eigenvalue weighted by atomic mass is 79.9. The third kappa shape index (κ3) is 1.34. The first kappa shape index (κ1) is 9.19. The van der Waals surface area contributed by atoms with Gasteiger partial charge in [0.05, 0.1) is 10.5 Å². The molecule has 74 valence electrons. The Kier molecular flexibility index (Phi) is 1.97. The Morgan fingerprint density at radius 1 is 1.27 bits per heavy atom. The number of hydrogen-bond acceptors (Lipinski definition) is 1. The highest BCUT2D eigenvalue weighted by molar-refractivity contribution is 9.10. The first-order valence-electron chi connectivity index (χ1n) is 4.46. The van der Waals surface area contributed by atoms with Crippen molar-refractivity contribution >= 4 is 44.1 Å². The van der Waals surface area contributed by atoms with Crippen molar-refractivity contribution in [2.45, 2.75) is 0 Å². The van der Waals surface area contributed by atoms with E-state index in [4.69, 9.17) is 11.6 Å². The molecule has 0 aliphatic heterocycles. The second-order valence-electron chi connectivity index (χ2n) is 3.31. The van der Waals surface area contributed by atoms with Crippen LogP contribution in [-0.2, 0) is 0 Å². The van der Waals surface area contributed by atoms with E-state index in [-0.39, 0.29) is 0 Å².